The number of nitrogens with zero attached hydrogens (tertiary/aromatic N) is 4. The van der Waals surface area contributed by atoms with Gasteiger partial charge in [0.25, 0.3) is 0 Å². The topological polar surface area (TPSA) is 68.2 Å². The first-order chi connectivity index (χ1) is 12.3. The predicted molar refractivity (Wildman–Crippen MR) is 93.8 cm³/mol. The van der Waals surface area contributed by atoms with E-state index in [2.05, 4.69) is 15.0 Å². The summed E-state index contributed by atoms with van der Waals surface area (Å²) in [6.07, 6.45) is 12.7. The quantitative estimate of drug-likeness (QED) is 0.772. The minimum atomic E-state index is 0.129. The number of morpholine rings is 1. The molecule has 6 nitrogen and oxygen atoms in total. The predicted octanol–water partition coefficient (Wildman–Crippen LogP) is 2.05. The molecule has 0 radical (unpaired) electrons. The Labute approximate surface area is 148 Å². The largest absolute Gasteiger partial charge is 0.377 e. The molecule has 6 heteroatoms. The molecule has 1 saturated heterocycles. The number of amides is 1. The maximum Gasteiger partial charge on any atom is 0.222 e. The van der Waals surface area contributed by atoms with Gasteiger partial charge in [-0.15, -0.1) is 0 Å². The van der Waals surface area contributed by atoms with E-state index in [9.17, 15) is 4.79 Å². The SMILES string of the molecule is O=C(CCCc1ccncc1)N1CCOCC1CCc1cnccn1. The van der Waals surface area contributed by atoms with Crippen molar-refractivity contribution in [3.8, 4) is 0 Å². The molecule has 0 N–H and O–H groups in total. The van der Waals surface area contributed by atoms with Gasteiger partial charge in [-0.2, -0.15) is 0 Å². The normalized spacial score (nSPS) is 17.4. The Kier molecular flexibility index (Phi) is 6.45. The highest BCUT2D eigenvalue weighted by atomic mass is 16.5. The van der Waals surface area contributed by atoms with Crippen LogP contribution in [0, 0.1) is 0 Å². The first-order valence-corrected chi connectivity index (χ1v) is 8.84. The number of aryl methyl sites for hydroxylation is 2. The highest BCUT2D eigenvalue weighted by Gasteiger charge is 2.26. The van der Waals surface area contributed by atoms with Crippen LogP contribution in [0.25, 0.3) is 0 Å². The molecule has 0 saturated carbocycles. The van der Waals surface area contributed by atoms with Gasteiger partial charge in [0.1, 0.15) is 0 Å². The molecular formula is C19H24N4O2. The van der Waals surface area contributed by atoms with Gasteiger partial charge >= 0.3 is 0 Å². The molecule has 2 aromatic heterocycles. The zero-order chi connectivity index (χ0) is 17.3. The van der Waals surface area contributed by atoms with E-state index < -0.39 is 0 Å². The molecule has 1 fully saturated rings. The van der Waals surface area contributed by atoms with E-state index >= 15 is 0 Å². The standard InChI is InChI=1S/C19H24N4O2/c24-19(3-1-2-16-6-8-20-9-7-16)23-12-13-25-15-18(23)5-4-17-14-21-10-11-22-17/h6-11,14,18H,1-5,12-13,15H2. The molecule has 2 aromatic rings. The first kappa shape index (κ1) is 17.5. The van der Waals surface area contributed by atoms with E-state index in [0.29, 0.717) is 26.2 Å². The molecule has 132 valence electrons. The van der Waals surface area contributed by atoms with E-state index in [1.165, 1.54) is 5.56 Å². The number of pyridine rings is 1. The van der Waals surface area contributed by atoms with Gasteiger partial charge in [0.2, 0.25) is 5.91 Å². The molecule has 0 bridgehead atoms. The van der Waals surface area contributed by atoms with Crippen molar-refractivity contribution in [3.63, 3.8) is 0 Å². The lowest BCUT2D eigenvalue weighted by atomic mass is 10.1. The van der Waals surface area contributed by atoms with Crippen LogP contribution < -0.4 is 0 Å². The molecule has 0 spiro atoms. The van der Waals surface area contributed by atoms with E-state index in [-0.39, 0.29) is 11.9 Å². The van der Waals surface area contributed by atoms with Crippen LogP contribution >= 0.6 is 0 Å². The van der Waals surface area contributed by atoms with Gasteiger partial charge in [-0.1, -0.05) is 0 Å². The van der Waals surface area contributed by atoms with Gasteiger partial charge in [0.05, 0.1) is 24.9 Å². The second-order valence-corrected chi connectivity index (χ2v) is 6.26. The average Bonchev–Trinajstić information content (AvgIpc) is 2.68. The van der Waals surface area contributed by atoms with Gasteiger partial charge in [0, 0.05) is 43.9 Å². The van der Waals surface area contributed by atoms with Crippen LogP contribution in [0.1, 0.15) is 30.5 Å². The first-order valence-electron chi connectivity index (χ1n) is 8.84. The fraction of sp³-hybridized carbons (Fsp3) is 0.474. The van der Waals surface area contributed by atoms with Gasteiger partial charge in [-0.3, -0.25) is 19.7 Å². The third-order valence-electron chi connectivity index (χ3n) is 4.50. The van der Waals surface area contributed by atoms with Crippen molar-refractivity contribution >= 4 is 5.91 Å². The van der Waals surface area contributed by atoms with Crippen molar-refractivity contribution in [2.75, 3.05) is 19.8 Å². The Hall–Kier alpha value is -2.34. The molecule has 1 atom stereocenters. The van der Waals surface area contributed by atoms with Crippen molar-refractivity contribution in [1.29, 1.82) is 0 Å². The second kappa shape index (κ2) is 9.22. The van der Waals surface area contributed by atoms with Crippen LogP contribution in [0.5, 0.6) is 0 Å². The number of aromatic nitrogens is 3. The number of hydrogen-bond donors (Lipinski definition) is 0. The van der Waals surface area contributed by atoms with Gasteiger partial charge in [-0.05, 0) is 43.4 Å². The molecular weight excluding hydrogens is 316 g/mol. The molecule has 0 aliphatic carbocycles. The molecule has 3 rings (SSSR count). The average molecular weight is 340 g/mol. The number of ether oxygens (including phenoxy) is 1. The Morgan fingerprint density at radius 2 is 2.04 bits per heavy atom. The Balaban J connectivity index is 1.48. The Morgan fingerprint density at radius 3 is 2.84 bits per heavy atom. The highest BCUT2D eigenvalue weighted by Crippen LogP contribution is 2.16. The van der Waals surface area contributed by atoms with Gasteiger partial charge in [0.15, 0.2) is 0 Å². The summed E-state index contributed by atoms with van der Waals surface area (Å²) < 4.78 is 5.59. The van der Waals surface area contributed by atoms with E-state index in [1.54, 1.807) is 31.0 Å². The fourth-order valence-corrected chi connectivity index (χ4v) is 3.13. The van der Waals surface area contributed by atoms with Crippen LogP contribution in [0.4, 0.5) is 0 Å². The number of carbonyl (C=O) groups is 1. The summed E-state index contributed by atoms with van der Waals surface area (Å²) in [7, 11) is 0. The van der Waals surface area contributed by atoms with Crippen molar-refractivity contribution in [3.05, 3.63) is 54.4 Å². The van der Waals surface area contributed by atoms with Crippen molar-refractivity contribution in [2.24, 2.45) is 0 Å². The van der Waals surface area contributed by atoms with Gasteiger partial charge < -0.3 is 9.64 Å². The summed E-state index contributed by atoms with van der Waals surface area (Å²) in [6.45, 7) is 1.91. The molecule has 25 heavy (non-hydrogen) atoms. The third kappa shape index (κ3) is 5.32. The third-order valence-corrected chi connectivity index (χ3v) is 4.50. The zero-order valence-corrected chi connectivity index (χ0v) is 14.4. The van der Waals surface area contributed by atoms with Crippen LogP contribution in [-0.4, -0.2) is 51.6 Å². The van der Waals surface area contributed by atoms with E-state index in [0.717, 1.165) is 31.4 Å². The monoisotopic (exact) mass is 340 g/mol. The van der Waals surface area contributed by atoms with E-state index in [1.807, 2.05) is 17.0 Å². The van der Waals surface area contributed by atoms with Gasteiger partial charge in [-0.25, -0.2) is 0 Å². The smallest absolute Gasteiger partial charge is 0.222 e. The molecule has 1 amide bonds. The lowest BCUT2D eigenvalue weighted by Gasteiger charge is -2.35. The van der Waals surface area contributed by atoms with Crippen LogP contribution in [0.3, 0.4) is 0 Å². The molecule has 1 aliphatic rings. The lowest BCUT2D eigenvalue weighted by molar-refractivity contribution is -0.140. The maximum atomic E-state index is 12.6. The summed E-state index contributed by atoms with van der Waals surface area (Å²) in [4.78, 5) is 27.0. The fourth-order valence-electron chi connectivity index (χ4n) is 3.13. The summed E-state index contributed by atoms with van der Waals surface area (Å²) in [5.74, 6) is 0.224. The Bertz CT molecular complexity index is 651. The highest BCUT2D eigenvalue weighted by molar-refractivity contribution is 5.76. The molecule has 0 aromatic carbocycles. The van der Waals surface area contributed by atoms with Crippen LogP contribution in [0.2, 0.25) is 0 Å². The van der Waals surface area contributed by atoms with Crippen LogP contribution in [0.15, 0.2) is 43.1 Å². The van der Waals surface area contributed by atoms with Crippen molar-refractivity contribution in [1.82, 2.24) is 19.9 Å². The summed E-state index contributed by atoms with van der Waals surface area (Å²) >= 11 is 0. The summed E-state index contributed by atoms with van der Waals surface area (Å²) in [6, 6.07) is 4.13. The molecule has 1 aliphatic heterocycles. The minimum absolute atomic E-state index is 0.129. The molecule has 1 unspecified atom stereocenters. The number of carbonyl (C=O) groups excluding carboxylic acids is 1. The number of hydrogen-bond acceptors (Lipinski definition) is 5. The lowest BCUT2D eigenvalue weighted by Crippen LogP contribution is -2.48. The van der Waals surface area contributed by atoms with Crippen LogP contribution in [-0.2, 0) is 22.4 Å². The van der Waals surface area contributed by atoms with Crippen molar-refractivity contribution in [2.45, 2.75) is 38.1 Å². The minimum Gasteiger partial charge on any atom is -0.377 e. The molecule has 3 heterocycles. The number of rotatable bonds is 7. The second-order valence-electron chi connectivity index (χ2n) is 6.26. The van der Waals surface area contributed by atoms with Crippen molar-refractivity contribution < 1.29 is 9.53 Å². The summed E-state index contributed by atoms with van der Waals surface area (Å²) in [5, 5.41) is 0. The Morgan fingerprint density at radius 1 is 1.16 bits per heavy atom. The van der Waals surface area contributed by atoms with E-state index in [4.69, 9.17) is 4.74 Å². The summed E-state index contributed by atoms with van der Waals surface area (Å²) in [5.41, 5.74) is 2.18. The maximum absolute atomic E-state index is 12.6. The zero-order valence-electron chi connectivity index (χ0n) is 14.4.